The SMILES string of the molecule is C/C=C\C(=C/C)c1ccc(N(c2ccccc2)c2ccc(-c3ccc4c(c3)C3=C5CCC=C3C3=C(c6ccccc65)C4CC=C3)cc2)cc1. The number of allylic oxidation sites excluding steroid dienone is 12. The van der Waals surface area contributed by atoms with E-state index in [9.17, 15) is 0 Å². The fraction of sp³-hybridized carbons (Fsp3) is 0.125. The maximum atomic E-state index is 2.51. The fourth-order valence-corrected chi connectivity index (χ4v) is 8.55. The molecule has 236 valence electrons. The standard InChI is InChI=1S/C48H39N/c1-3-12-32(4-2)33-21-26-37(27-22-33)49(36-13-6-5-7-14-36)38-28-23-34(24-29-38)35-25-30-40-43-18-11-19-44-45-20-10-17-42(48(45)46(40)31-35)39-15-8-9-16-41(39)47(43)44/h3-9,11-16,19-31,43H,10,17-18H2,1-2H3/b12-3-,32-4+. The summed E-state index contributed by atoms with van der Waals surface area (Å²) in [5.41, 5.74) is 21.5. The van der Waals surface area contributed by atoms with Gasteiger partial charge in [0.05, 0.1) is 0 Å². The summed E-state index contributed by atoms with van der Waals surface area (Å²) in [6.45, 7) is 4.16. The lowest BCUT2D eigenvalue weighted by atomic mass is 9.75. The van der Waals surface area contributed by atoms with Gasteiger partial charge in [0.1, 0.15) is 0 Å². The molecule has 0 N–H and O–H groups in total. The molecule has 5 aromatic carbocycles. The molecule has 6 bridgehead atoms. The molecule has 0 heterocycles. The normalized spacial score (nSPS) is 17.5. The van der Waals surface area contributed by atoms with E-state index in [2.05, 4.69) is 177 Å². The van der Waals surface area contributed by atoms with E-state index in [0.29, 0.717) is 5.92 Å². The van der Waals surface area contributed by atoms with Crippen LogP contribution in [-0.4, -0.2) is 0 Å². The third-order valence-corrected chi connectivity index (χ3v) is 10.7. The summed E-state index contributed by atoms with van der Waals surface area (Å²) >= 11 is 0. The number of anilines is 3. The van der Waals surface area contributed by atoms with Crippen LogP contribution in [0.3, 0.4) is 0 Å². The average Bonchev–Trinajstić information content (AvgIpc) is 3.27. The molecule has 0 aliphatic heterocycles. The molecule has 0 radical (unpaired) electrons. The van der Waals surface area contributed by atoms with Gasteiger partial charge < -0.3 is 4.90 Å². The van der Waals surface area contributed by atoms with Crippen LogP contribution in [0.4, 0.5) is 17.1 Å². The second-order valence-electron chi connectivity index (χ2n) is 13.4. The van der Waals surface area contributed by atoms with E-state index in [1.54, 1.807) is 0 Å². The Labute approximate surface area is 290 Å². The molecule has 1 nitrogen and oxygen atoms in total. The van der Waals surface area contributed by atoms with Crippen LogP contribution >= 0.6 is 0 Å². The number of benzene rings is 5. The lowest BCUT2D eigenvalue weighted by Crippen LogP contribution is -2.10. The number of fused-ring (bicyclic) bond motifs is 4. The van der Waals surface area contributed by atoms with Crippen molar-refractivity contribution in [3.05, 3.63) is 197 Å². The van der Waals surface area contributed by atoms with Gasteiger partial charge in [-0.2, -0.15) is 0 Å². The van der Waals surface area contributed by atoms with Gasteiger partial charge in [0.2, 0.25) is 0 Å². The summed E-state index contributed by atoms with van der Waals surface area (Å²) in [5.74, 6) is 0.376. The third-order valence-electron chi connectivity index (χ3n) is 10.7. The second kappa shape index (κ2) is 12.1. The summed E-state index contributed by atoms with van der Waals surface area (Å²) < 4.78 is 0. The Bertz CT molecular complexity index is 2290. The Morgan fingerprint density at radius 2 is 1.39 bits per heavy atom. The zero-order valence-electron chi connectivity index (χ0n) is 28.2. The summed E-state index contributed by atoms with van der Waals surface area (Å²) in [6, 6.07) is 45.1. The number of hydrogen-bond donors (Lipinski definition) is 0. The van der Waals surface area contributed by atoms with Gasteiger partial charge in [-0.15, -0.1) is 0 Å². The van der Waals surface area contributed by atoms with Crippen LogP contribution in [0.1, 0.15) is 66.8 Å². The van der Waals surface area contributed by atoms with Crippen molar-refractivity contribution >= 4 is 39.4 Å². The Hall–Kier alpha value is -5.66. The first-order chi connectivity index (χ1) is 24.2. The molecule has 1 unspecified atom stereocenters. The molecule has 1 atom stereocenters. The molecule has 0 saturated heterocycles. The number of nitrogens with zero attached hydrogens (tertiary/aromatic N) is 1. The van der Waals surface area contributed by atoms with Crippen LogP contribution in [0.15, 0.2) is 169 Å². The van der Waals surface area contributed by atoms with Crippen LogP contribution < -0.4 is 4.90 Å². The molecule has 0 fully saturated rings. The molecule has 5 aromatic rings. The van der Waals surface area contributed by atoms with Crippen LogP contribution in [0.25, 0.3) is 33.4 Å². The summed E-state index contributed by atoms with van der Waals surface area (Å²) in [5, 5.41) is 0. The first kappa shape index (κ1) is 29.5. The van der Waals surface area contributed by atoms with Gasteiger partial charge in [0.25, 0.3) is 0 Å². The topological polar surface area (TPSA) is 3.24 Å². The van der Waals surface area contributed by atoms with E-state index in [4.69, 9.17) is 0 Å². The summed E-state index contributed by atoms with van der Waals surface area (Å²) in [4.78, 5) is 2.34. The minimum atomic E-state index is 0.376. The van der Waals surface area contributed by atoms with E-state index in [1.807, 2.05) is 0 Å². The molecule has 49 heavy (non-hydrogen) atoms. The van der Waals surface area contributed by atoms with E-state index in [-0.39, 0.29) is 0 Å². The number of para-hydroxylation sites is 1. The highest BCUT2D eigenvalue weighted by Gasteiger charge is 2.38. The predicted octanol–water partition coefficient (Wildman–Crippen LogP) is 13.3. The Kier molecular flexibility index (Phi) is 7.28. The van der Waals surface area contributed by atoms with Crippen molar-refractivity contribution in [1.82, 2.24) is 0 Å². The van der Waals surface area contributed by atoms with Gasteiger partial charge in [-0.05, 0) is 148 Å². The van der Waals surface area contributed by atoms with Gasteiger partial charge >= 0.3 is 0 Å². The smallest absolute Gasteiger partial charge is 0.0462 e. The summed E-state index contributed by atoms with van der Waals surface area (Å²) in [6.07, 6.45) is 17.0. The maximum absolute atomic E-state index is 2.51. The van der Waals surface area contributed by atoms with Gasteiger partial charge in [-0.3, -0.25) is 0 Å². The fourth-order valence-electron chi connectivity index (χ4n) is 8.55. The minimum absolute atomic E-state index is 0.376. The Morgan fingerprint density at radius 1 is 0.694 bits per heavy atom. The maximum Gasteiger partial charge on any atom is 0.0462 e. The van der Waals surface area contributed by atoms with Crippen LogP contribution in [-0.2, 0) is 0 Å². The number of rotatable bonds is 6. The van der Waals surface area contributed by atoms with Crippen LogP contribution in [0, 0.1) is 0 Å². The highest BCUT2D eigenvalue weighted by Crippen LogP contribution is 2.58. The van der Waals surface area contributed by atoms with E-state index in [1.165, 1.54) is 72.4 Å². The van der Waals surface area contributed by atoms with Crippen molar-refractivity contribution in [1.29, 1.82) is 0 Å². The molecular formula is C48H39N. The summed E-state index contributed by atoms with van der Waals surface area (Å²) in [7, 11) is 0. The monoisotopic (exact) mass is 629 g/mol. The predicted molar refractivity (Wildman–Crippen MR) is 209 cm³/mol. The molecule has 4 aliphatic carbocycles. The molecule has 1 heteroatoms. The lowest BCUT2D eigenvalue weighted by Gasteiger charge is -2.29. The van der Waals surface area contributed by atoms with Gasteiger partial charge in [0, 0.05) is 23.0 Å². The first-order valence-electron chi connectivity index (χ1n) is 17.7. The van der Waals surface area contributed by atoms with Crippen molar-refractivity contribution in [2.75, 3.05) is 4.90 Å². The van der Waals surface area contributed by atoms with E-state index in [0.717, 1.165) is 36.3 Å². The quantitative estimate of drug-likeness (QED) is 0.169. The molecule has 0 saturated carbocycles. The molecule has 4 aliphatic rings. The van der Waals surface area contributed by atoms with Crippen LogP contribution in [0.2, 0.25) is 0 Å². The second-order valence-corrected chi connectivity index (χ2v) is 13.4. The molecular weight excluding hydrogens is 591 g/mol. The van der Waals surface area contributed by atoms with Crippen molar-refractivity contribution < 1.29 is 0 Å². The molecule has 9 rings (SSSR count). The largest absolute Gasteiger partial charge is 0.311 e. The van der Waals surface area contributed by atoms with E-state index >= 15 is 0 Å². The average molecular weight is 630 g/mol. The Morgan fingerprint density at radius 3 is 2.14 bits per heavy atom. The zero-order valence-corrected chi connectivity index (χ0v) is 28.2. The minimum Gasteiger partial charge on any atom is -0.311 e. The van der Waals surface area contributed by atoms with Gasteiger partial charge in [-0.25, -0.2) is 0 Å². The number of hydrogen-bond acceptors (Lipinski definition) is 1. The zero-order chi connectivity index (χ0) is 32.9. The molecule has 0 aromatic heterocycles. The molecule has 0 amide bonds. The van der Waals surface area contributed by atoms with Gasteiger partial charge in [0.15, 0.2) is 0 Å². The van der Waals surface area contributed by atoms with E-state index < -0.39 is 0 Å². The highest BCUT2D eigenvalue weighted by molar-refractivity contribution is 6.11. The van der Waals surface area contributed by atoms with Crippen molar-refractivity contribution in [2.24, 2.45) is 0 Å². The van der Waals surface area contributed by atoms with Gasteiger partial charge in [-0.1, -0.05) is 115 Å². The lowest BCUT2D eigenvalue weighted by molar-refractivity contribution is 0.868. The van der Waals surface area contributed by atoms with Crippen molar-refractivity contribution in [3.8, 4) is 11.1 Å². The first-order valence-corrected chi connectivity index (χ1v) is 17.7. The molecule has 0 spiro atoms. The van der Waals surface area contributed by atoms with Crippen molar-refractivity contribution in [3.63, 3.8) is 0 Å². The van der Waals surface area contributed by atoms with Crippen molar-refractivity contribution in [2.45, 2.75) is 39.0 Å². The third kappa shape index (κ3) is 4.84. The highest BCUT2D eigenvalue weighted by atomic mass is 15.1. The Balaban J connectivity index is 1.13. The van der Waals surface area contributed by atoms with Crippen LogP contribution in [0.5, 0.6) is 0 Å².